The van der Waals surface area contributed by atoms with Gasteiger partial charge in [0.15, 0.2) is 16.8 Å². The lowest BCUT2D eigenvalue weighted by molar-refractivity contribution is 0.102. The Balaban J connectivity index is 1.51. The van der Waals surface area contributed by atoms with Crippen molar-refractivity contribution in [1.82, 2.24) is 24.6 Å². The molecule has 4 aromatic rings. The largest absolute Gasteiger partial charge is 0.366 e. The number of imidazole rings is 1. The lowest BCUT2D eigenvalue weighted by Gasteiger charge is -2.27. The van der Waals surface area contributed by atoms with E-state index in [1.807, 2.05) is 6.07 Å². The molecule has 34 heavy (non-hydrogen) atoms. The Morgan fingerprint density at radius 3 is 2.68 bits per heavy atom. The summed E-state index contributed by atoms with van der Waals surface area (Å²) in [6.45, 7) is 0. The fourth-order valence-corrected chi connectivity index (χ4v) is 4.05. The zero-order valence-electron chi connectivity index (χ0n) is 18.4. The van der Waals surface area contributed by atoms with Gasteiger partial charge in [-0.2, -0.15) is 0 Å². The number of rotatable bonds is 6. The number of carbonyl (C=O) groups excluding carboxylic acids is 1. The first-order valence-corrected chi connectivity index (χ1v) is 11.1. The van der Waals surface area contributed by atoms with E-state index in [1.165, 1.54) is 22.8 Å². The predicted octanol–water partition coefficient (Wildman–Crippen LogP) is 2.49. The van der Waals surface area contributed by atoms with Crippen molar-refractivity contribution in [2.75, 3.05) is 16.0 Å². The average molecular weight is 460 g/mol. The Hall–Kier alpha value is -4.25. The standard InChI is InChI=1S/C23H25N9O2/c24-14-1-3-15(4-2-14)28-21-12-18(30-20-11-17(33)7-10-26-20)22-27-13-19(32(22)31-21)23(34)29-16-5-8-25-9-6-16/h5-15H,1-4,24H2,(H,28,31)(H,25,29,34)(H2,26,30,33). The van der Waals surface area contributed by atoms with Gasteiger partial charge in [-0.3, -0.25) is 14.6 Å². The van der Waals surface area contributed by atoms with E-state index in [4.69, 9.17) is 5.73 Å². The van der Waals surface area contributed by atoms with Crippen molar-refractivity contribution in [1.29, 1.82) is 0 Å². The minimum absolute atomic E-state index is 0.135. The maximum atomic E-state index is 13.0. The van der Waals surface area contributed by atoms with E-state index in [2.05, 4.69) is 36.0 Å². The number of carbonyl (C=O) groups is 1. The number of aromatic amines is 1. The van der Waals surface area contributed by atoms with E-state index in [-0.39, 0.29) is 29.1 Å². The summed E-state index contributed by atoms with van der Waals surface area (Å²) >= 11 is 0. The Kier molecular flexibility index (Phi) is 5.91. The molecule has 0 radical (unpaired) electrons. The van der Waals surface area contributed by atoms with Crippen LogP contribution in [0.1, 0.15) is 36.2 Å². The fraction of sp³-hybridized carbons (Fsp3) is 0.261. The smallest absolute Gasteiger partial charge is 0.276 e. The predicted molar refractivity (Wildman–Crippen MR) is 129 cm³/mol. The molecule has 174 valence electrons. The number of hydrogen-bond acceptors (Lipinski definition) is 8. The van der Waals surface area contributed by atoms with E-state index >= 15 is 0 Å². The molecule has 1 amide bonds. The topological polar surface area (TPSA) is 155 Å². The number of amides is 1. The van der Waals surface area contributed by atoms with Crippen LogP contribution in [0.2, 0.25) is 0 Å². The van der Waals surface area contributed by atoms with Crippen molar-refractivity contribution in [3.05, 3.63) is 71.0 Å². The molecule has 0 atom stereocenters. The molecular formula is C23H25N9O2. The second-order valence-electron chi connectivity index (χ2n) is 8.33. The maximum absolute atomic E-state index is 13.0. The molecule has 1 fully saturated rings. The molecule has 6 N–H and O–H groups in total. The van der Waals surface area contributed by atoms with Crippen LogP contribution in [-0.4, -0.2) is 42.6 Å². The van der Waals surface area contributed by atoms with E-state index in [1.54, 1.807) is 30.7 Å². The van der Waals surface area contributed by atoms with Crippen molar-refractivity contribution in [2.45, 2.75) is 37.8 Å². The zero-order chi connectivity index (χ0) is 23.5. The van der Waals surface area contributed by atoms with Crippen molar-refractivity contribution < 1.29 is 4.79 Å². The minimum atomic E-state index is -0.356. The Morgan fingerprint density at radius 1 is 1.12 bits per heavy atom. The molecular weight excluding hydrogens is 434 g/mol. The van der Waals surface area contributed by atoms with Crippen molar-refractivity contribution >= 4 is 34.6 Å². The second-order valence-corrected chi connectivity index (χ2v) is 8.33. The van der Waals surface area contributed by atoms with Gasteiger partial charge in [-0.05, 0) is 37.8 Å². The van der Waals surface area contributed by atoms with E-state index in [0.29, 0.717) is 28.7 Å². The molecule has 0 aromatic carbocycles. The summed E-state index contributed by atoms with van der Waals surface area (Å²) in [4.78, 5) is 36.2. The highest BCUT2D eigenvalue weighted by Gasteiger charge is 2.21. The summed E-state index contributed by atoms with van der Waals surface area (Å²) in [6, 6.07) is 8.58. The van der Waals surface area contributed by atoms with Crippen LogP contribution in [0, 0.1) is 0 Å². The van der Waals surface area contributed by atoms with Crippen LogP contribution in [0.15, 0.2) is 59.9 Å². The first-order valence-electron chi connectivity index (χ1n) is 11.1. The second kappa shape index (κ2) is 9.32. The fourth-order valence-electron chi connectivity index (χ4n) is 4.05. The lowest BCUT2D eigenvalue weighted by atomic mass is 9.92. The van der Waals surface area contributed by atoms with Crippen molar-refractivity contribution in [2.24, 2.45) is 5.73 Å². The Labute approximate surface area is 194 Å². The molecule has 5 rings (SSSR count). The van der Waals surface area contributed by atoms with Gasteiger partial charge in [0.2, 0.25) is 0 Å². The SMILES string of the molecule is NC1CCC(Nc2cc(Nc3cc(=O)cc[nH]3)c3ncc(C(=O)Nc4ccncc4)n3n2)CC1. The van der Waals surface area contributed by atoms with Gasteiger partial charge in [-0.1, -0.05) is 0 Å². The number of pyridine rings is 2. The van der Waals surface area contributed by atoms with Gasteiger partial charge in [0, 0.05) is 54.6 Å². The number of nitrogens with one attached hydrogen (secondary N) is 4. The maximum Gasteiger partial charge on any atom is 0.276 e. The van der Waals surface area contributed by atoms with Gasteiger partial charge in [0.1, 0.15) is 11.6 Å². The molecule has 11 nitrogen and oxygen atoms in total. The van der Waals surface area contributed by atoms with Gasteiger partial charge in [0.25, 0.3) is 5.91 Å². The molecule has 0 saturated heterocycles. The summed E-state index contributed by atoms with van der Waals surface area (Å²) in [6.07, 6.45) is 10.0. The Bertz CT molecular complexity index is 1360. The van der Waals surface area contributed by atoms with Crippen LogP contribution in [-0.2, 0) is 0 Å². The van der Waals surface area contributed by atoms with Crippen LogP contribution in [0.3, 0.4) is 0 Å². The van der Waals surface area contributed by atoms with Gasteiger partial charge in [0.05, 0.1) is 11.9 Å². The molecule has 1 aliphatic rings. The molecule has 11 heteroatoms. The monoisotopic (exact) mass is 459 g/mol. The van der Waals surface area contributed by atoms with Gasteiger partial charge < -0.3 is 26.7 Å². The average Bonchev–Trinajstić information content (AvgIpc) is 3.26. The van der Waals surface area contributed by atoms with Gasteiger partial charge in [-0.25, -0.2) is 9.50 Å². The number of nitrogens with two attached hydrogens (primary N) is 1. The number of anilines is 4. The van der Waals surface area contributed by atoms with Crippen LogP contribution in [0.25, 0.3) is 5.65 Å². The van der Waals surface area contributed by atoms with Crippen LogP contribution >= 0.6 is 0 Å². The van der Waals surface area contributed by atoms with Crippen LogP contribution in [0.5, 0.6) is 0 Å². The van der Waals surface area contributed by atoms with E-state index in [0.717, 1.165) is 25.7 Å². The van der Waals surface area contributed by atoms with Gasteiger partial charge in [-0.15, -0.1) is 5.10 Å². The lowest BCUT2D eigenvalue weighted by Crippen LogP contribution is -2.33. The highest BCUT2D eigenvalue weighted by Crippen LogP contribution is 2.26. The van der Waals surface area contributed by atoms with E-state index in [9.17, 15) is 9.59 Å². The molecule has 0 spiro atoms. The summed E-state index contributed by atoms with van der Waals surface area (Å²) in [5, 5.41) is 14.2. The number of fused-ring (bicyclic) bond motifs is 1. The van der Waals surface area contributed by atoms with Crippen LogP contribution in [0.4, 0.5) is 23.0 Å². The van der Waals surface area contributed by atoms with Crippen molar-refractivity contribution in [3.63, 3.8) is 0 Å². The molecule has 4 aromatic heterocycles. The highest BCUT2D eigenvalue weighted by atomic mass is 16.2. The van der Waals surface area contributed by atoms with Crippen LogP contribution < -0.4 is 27.1 Å². The third-order valence-corrected chi connectivity index (χ3v) is 5.80. The highest BCUT2D eigenvalue weighted by molar-refractivity contribution is 6.03. The first-order chi connectivity index (χ1) is 16.5. The normalized spacial score (nSPS) is 17.9. The number of H-pyrrole nitrogens is 1. The summed E-state index contributed by atoms with van der Waals surface area (Å²) in [5.41, 5.74) is 7.83. The number of hydrogen-bond donors (Lipinski definition) is 5. The molecule has 0 aliphatic heterocycles. The summed E-state index contributed by atoms with van der Waals surface area (Å²) in [7, 11) is 0. The molecule has 4 heterocycles. The molecule has 0 bridgehead atoms. The third kappa shape index (κ3) is 4.74. The Morgan fingerprint density at radius 2 is 1.91 bits per heavy atom. The molecule has 1 saturated carbocycles. The van der Waals surface area contributed by atoms with Gasteiger partial charge >= 0.3 is 0 Å². The number of nitrogens with zero attached hydrogens (tertiary/aromatic N) is 4. The summed E-state index contributed by atoms with van der Waals surface area (Å²) < 4.78 is 1.50. The van der Waals surface area contributed by atoms with E-state index < -0.39 is 0 Å². The third-order valence-electron chi connectivity index (χ3n) is 5.80. The zero-order valence-corrected chi connectivity index (χ0v) is 18.4. The quantitative estimate of drug-likeness (QED) is 0.294. The minimum Gasteiger partial charge on any atom is -0.366 e. The van der Waals surface area contributed by atoms with Crippen molar-refractivity contribution in [3.8, 4) is 0 Å². The number of aromatic nitrogens is 5. The summed E-state index contributed by atoms with van der Waals surface area (Å²) in [5.74, 6) is 0.733. The molecule has 1 aliphatic carbocycles. The first kappa shape index (κ1) is 21.6. The molecule has 0 unspecified atom stereocenters.